The van der Waals surface area contributed by atoms with Crippen molar-refractivity contribution < 1.29 is 9.59 Å². The van der Waals surface area contributed by atoms with Crippen molar-refractivity contribution in [3.63, 3.8) is 0 Å². The summed E-state index contributed by atoms with van der Waals surface area (Å²) in [5, 5.41) is 2.82. The first-order valence-electron chi connectivity index (χ1n) is 6.98. The summed E-state index contributed by atoms with van der Waals surface area (Å²) in [4.78, 5) is 26.4. The van der Waals surface area contributed by atoms with E-state index in [0.717, 1.165) is 21.3 Å². The van der Waals surface area contributed by atoms with Crippen molar-refractivity contribution in [1.29, 1.82) is 0 Å². The van der Waals surface area contributed by atoms with Gasteiger partial charge in [0.15, 0.2) is 0 Å². The fourth-order valence-corrected chi connectivity index (χ4v) is 3.44. The highest BCUT2D eigenvalue weighted by atomic mass is 79.9. The summed E-state index contributed by atoms with van der Waals surface area (Å²) in [5.41, 5.74) is 2.49. The second kappa shape index (κ2) is 5.44. The molecule has 1 unspecified atom stereocenters. The molecule has 1 N–H and O–H groups in total. The molecular formula is C16H21BrN2O2. The van der Waals surface area contributed by atoms with E-state index in [9.17, 15) is 9.59 Å². The zero-order valence-corrected chi connectivity index (χ0v) is 14.7. The predicted molar refractivity (Wildman–Crippen MR) is 87.4 cm³/mol. The van der Waals surface area contributed by atoms with Crippen molar-refractivity contribution in [3.05, 3.63) is 27.7 Å². The first-order valence-corrected chi connectivity index (χ1v) is 7.78. The smallest absolute Gasteiger partial charge is 0.250 e. The van der Waals surface area contributed by atoms with Crippen LogP contribution >= 0.6 is 15.9 Å². The molecule has 0 aliphatic carbocycles. The number of hydrogen-bond donors (Lipinski definition) is 1. The van der Waals surface area contributed by atoms with Gasteiger partial charge in [-0.2, -0.15) is 0 Å². The Morgan fingerprint density at radius 2 is 1.71 bits per heavy atom. The van der Waals surface area contributed by atoms with Gasteiger partial charge < -0.3 is 10.2 Å². The standard InChI is InChI=1S/C16H21BrN2O2/c1-9-6-11(17)7-10(2)13(9)19-8-12(20)18-14(15(19)21)16(3,4)5/h6-7,14H,8H2,1-5H3,(H,18,20). The number of carbonyl (C=O) groups is 2. The van der Waals surface area contributed by atoms with Crippen molar-refractivity contribution in [2.75, 3.05) is 11.4 Å². The second-order valence-corrected chi connectivity index (χ2v) is 7.59. The van der Waals surface area contributed by atoms with Crippen molar-refractivity contribution in [2.24, 2.45) is 5.41 Å². The van der Waals surface area contributed by atoms with E-state index in [-0.39, 0.29) is 23.8 Å². The average Bonchev–Trinajstić information content (AvgIpc) is 2.30. The van der Waals surface area contributed by atoms with Crippen molar-refractivity contribution >= 4 is 33.4 Å². The largest absolute Gasteiger partial charge is 0.342 e. The van der Waals surface area contributed by atoms with Gasteiger partial charge in [-0.1, -0.05) is 36.7 Å². The molecule has 1 aromatic rings. The topological polar surface area (TPSA) is 49.4 Å². The lowest BCUT2D eigenvalue weighted by molar-refractivity contribution is -0.133. The molecule has 1 atom stereocenters. The number of nitrogens with zero attached hydrogens (tertiary/aromatic N) is 1. The Morgan fingerprint density at radius 1 is 1.19 bits per heavy atom. The second-order valence-electron chi connectivity index (χ2n) is 6.68. The molecule has 0 saturated carbocycles. The fourth-order valence-electron chi connectivity index (χ4n) is 2.75. The van der Waals surface area contributed by atoms with E-state index in [1.165, 1.54) is 0 Å². The molecular weight excluding hydrogens is 332 g/mol. The number of benzene rings is 1. The van der Waals surface area contributed by atoms with Crippen LogP contribution in [0.25, 0.3) is 0 Å². The Bertz CT molecular complexity index is 582. The number of aryl methyl sites for hydroxylation is 2. The Morgan fingerprint density at radius 3 is 2.19 bits per heavy atom. The Balaban J connectivity index is 2.48. The molecule has 2 amide bonds. The van der Waals surface area contributed by atoms with Gasteiger partial charge in [0.2, 0.25) is 5.91 Å². The number of carbonyl (C=O) groups excluding carboxylic acids is 2. The van der Waals surface area contributed by atoms with Crippen LogP contribution < -0.4 is 10.2 Å². The maximum atomic E-state index is 12.8. The number of hydrogen-bond acceptors (Lipinski definition) is 2. The van der Waals surface area contributed by atoms with Crippen molar-refractivity contribution in [1.82, 2.24) is 5.32 Å². The molecule has 114 valence electrons. The Kier molecular flexibility index (Phi) is 4.15. The maximum absolute atomic E-state index is 12.8. The summed E-state index contributed by atoms with van der Waals surface area (Å²) in [5.74, 6) is -0.160. The molecule has 2 rings (SSSR count). The van der Waals surface area contributed by atoms with Gasteiger partial charge in [0, 0.05) is 4.47 Å². The lowest BCUT2D eigenvalue weighted by Gasteiger charge is -2.39. The molecule has 0 radical (unpaired) electrons. The highest BCUT2D eigenvalue weighted by Crippen LogP contribution is 2.32. The quantitative estimate of drug-likeness (QED) is 0.844. The molecule has 1 fully saturated rings. The average molecular weight is 353 g/mol. The number of amides is 2. The third-order valence-electron chi connectivity index (χ3n) is 3.71. The summed E-state index contributed by atoms with van der Waals surface area (Å²) in [6, 6.07) is 3.43. The summed E-state index contributed by atoms with van der Waals surface area (Å²) < 4.78 is 0.975. The van der Waals surface area contributed by atoms with Crippen LogP contribution in [-0.4, -0.2) is 24.4 Å². The first-order chi connectivity index (χ1) is 9.61. The maximum Gasteiger partial charge on any atom is 0.250 e. The summed E-state index contributed by atoms with van der Waals surface area (Å²) >= 11 is 3.46. The van der Waals surface area contributed by atoms with Crippen LogP contribution in [0.3, 0.4) is 0 Å². The van der Waals surface area contributed by atoms with E-state index in [4.69, 9.17) is 0 Å². The highest BCUT2D eigenvalue weighted by molar-refractivity contribution is 9.10. The first kappa shape index (κ1) is 16.0. The van der Waals surface area contributed by atoms with Crippen LogP contribution in [0.2, 0.25) is 0 Å². The zero-order valence-electron chi connectivity index (χ0n) is 13.1. The third-order valence-corrected chi connectivity index (χ3v) is 4.17. The zero-order chi connectivity index (χ0) is 15.9. The van der Waals surface area contributed by atoms with E-state index in [0.29, 0.717) is 0 Å². The molecule has 0 spiro atoms. The van der Waals surface area contributed by atoms with E-state index >= 15 is 0 Å². The van der Waals surface area contributed by atoms with Crippen LogP contribution in [0.4, 0.5) is 5.69 Å². The van der Waals surface area contributed by atoms with Crippen molar-refractivity contribution in [2.45, 2.75) is 40.7 Å². The molecule has 0 aromatic heterocycles. The fraction of sp³-hybridized carbons (Fsp3) is 0.500. The molecule has 1 aliphatic rings. The van der Waals surface area contributed by atoms with Crippen LogP contribution in [0.1, 0.15) is 31.9 Å². The summed E-state index contributed by atoms with van der Waals surface area (Å²) in [6.07, 6.45) is 0. The monoisotopic (exact) mass is 352 g/mol. The Labute approximate surface area is 134 Å². The predicted octanol–water partition coefficient (Wildman–Crippen LogP) is 2.94. The molecule has 1 aromatic carbocycles. The van der Waals surface area contributed by atoms with Gasteiger partial charge in [0.05, 0.1) is 5.69 Å². The highest BCUT2D eigenvalue weighted by Gasteiger charge is 2.41. The van der Waals surface area contributed by atoms with Gasteiger partial charge in [-0.15, -0.1) is 0 Å². The number of piperazine rings is 1. The van der Waals surface area contributed by atoms with Gasteiger partial charge in [0.25, 0.3) is 5.91 Å². The minimum absolute atomic E-state index is 0.0457. The molecule has 1 saturated heterocycles. The number of anilines is 1. The minimum Gasteiger partial charge on any atom is -0.342 e. The Hall–Kier alpha value is -1.36. The summed E-state index contributed by atoms with van der Waals surface area (Å²) in [6.45, 7) is 9.87. The molecule has 5 heteroatoms. The molecule has 4 nitrogen and oxygen atoms in total. The third kappa shape index (κ3) is 3.12. The van der Waals surface area contributed by atoms with E-state index in [1.54, 1.807) is 4.90 Å². The summed E-state index contributed by atoms with van der Waals surface area (Å²) in [7, 11) is 0. The normalized spacial score (nSPS) is 19.7. The number of halogens is 1. The van der Waals surface area contributed by atoms with Crippen LogP contribution in [0, 0.1) is 19.3 Å². The van der Waals surface area contributed by atoms with Crippen LogP contribution in [0.5, 0.6) is 0 Å². The van der Waals surface area contributed by atoms with Crippen LogP contribution in [-0.2, 0) is 9.59 Å². The van der Waals surface area contributed by atoms with Crippen LogP contribution in [0.15, 0.2) is 16.6 Å². The van der Waals surface area contributed by atoms with Gasteiger partial charge in [-0.3, -0.25) is 9.59 Å². The SMILES string of the molecule is Cc1cc(Br)cc(C)c1N1CC(=O)NC(C(C)(C)C)C1=O. The van der Waals surface area contributed by atoms with Gasteiger partial charge in [0.1, 0.15) is 12.6 Å². The molecule has 1 heterocycles. The lowest BCUT2D eigenvalue weighted by Crippen LogP contribution is -2.62. The molecule has 21 heavy (non-hydrogen) atoms. The molecule has 1 aliphatic heterocycles. The lowest BCUT2D eigenvalue weighted by atomic mass is 9.84. The minimum atomic E-state index is -0.499. The van der Waals surface area contributed by atoms with E-state index in [2.05, 4.69) is 21.2 Å². The number of rotatable bonds is 1. The number of nitrogens with one attached hydrogen (secondary N) is 1. The van der Waals surface area contributed by atoms with Gasteiger partial charge in [-0.05, 0) is 42.5 Å². The van der Waals surface area contributed by atoms with Gasteiger partial charge in [-0.25, -0.2) is 0 Å². The van der Waals surface area contributed by atoms with Crippen molar-refractivity contribution in [3.8, 4) is 0 Å². The van der Waals surface area contributed by atoms with E-state index < -0.39 is 6.04 Å². The van der Waals surface area contributed by atoms with E-state index in [1.807, 2.05) is 46.8 Å². The molecule has 0 bridgehead atoms. The van der Waals surface area contributed by atoms with Gasteiger partial charge >= 0.3 is 0 Å².